The molecule has 1 N–H and O–H groups in total. The van der Waals surface area contributed by atoms with Crippen molar-refractivity contribution in [3.05, 3.63) is 46.1 Å². The fourth-order valence-electron chi connectivity index (χ4n) is 4.43. The Morgan fingerprint density at radius 2 is 2.00 bits per heavy atom. The zero-order chi connectivity index (χ0) is 26.4. The molecule has 6 nitrogen and oxygen atoms in total. The first kappa shape index (κ1) is 28.2. The Kier molecular flexibility index (Phi) is 7.90. The lowest BCUT2D eigenvalue weighted by molar-refractivity contribution is -0.0352. The minimum Gasteiger partial charge on any atom is -0.377 e. The molecule has 2 aromatic rings. The highest BCUT2D eigenvalue weighted by Gasteiger charge is 2.53. The molecule has 196 valence electrons. The Balaban J connectivity index is 2.18. The van der Waals surface area contributed by atoms with E-state index in [9.17, 15) is 26.7 Å². The summed E-state index contributed by atoms with van der Waals surface area (Å²) in [5, 5.41) is 11.6. The van der Waals surface area contributed by atoms with Crippen LogP contribution in [0.1, 0.15) is 36.3 Å². The summed E-state index contributed by atoms with van der Waals surface area (Å²) >= 11 is 5.99. The molecule has 1 fully saturated rings. The number of aliphatic hydroxyl groups is 1. The van der Waals surface area contributed by atoms with Gasteiger partial charge in [-0.3, -0.25) is 0 Å². The molecule has 35 heavy (non-hydrogen) atoms. The van der Waals surface area contributed by atoms with E-state index in [2.05, 4.69) is 24.6 Å². The molecule has 0 aliphatic heterocycles. The van der Waals surface area contributed by atoms with Crippen LogP contribution in [0.25, 0.3) is 0 Å². The maximum absolute atomic E-state index is 14.3. The van der Waals surface area contributed by atoms with Crippen molar-refractivity contribution >= 4 is 29.5 Å². The third-order valence-corrected chi connectivity index (χ3v) is 9.52. The van der Waals surface area contributed by atoms with Gasteiger partial charge in [-0.25, -0.2) is 26.6 Å². The minimum atomic E-state index is -3.82. The van der Waals surface area contributed by atoms with Gasteiger partial charge in [-0.1, -0.05) is 37.3 Å². The summed E-state index contributed by atoms with van der Waals surface area (Å²) in [5.41, 5.74) is -1.89. The number of halogens is 4. The van der Waals surface area contributed by atoms with Crippen molar-refractivity contribution in [2.75, 3.05) is 12.9 Å². The first-order chi connectivity index (χ1) is 16.0. The van der Waals surface area contributed by atoms with E-state index < -0.39 is 54.0 Å². The average molecular weight is 553 g/mol. The molecule has 1 aromatic heterocycles. The Morgan fingerprint density at radius 1 is 1.34 bits per heavy atom. The van der Waals surface area contributed by atoms with Gasteiger partial charge >= 0.3 is 0 Å². The maximum Gasteiger partial charge on any atom is 0.248 e. The lowest BCUT2D eigenvalue weighted by Crippen LogP contribution is -2.39. The molecular weight excluding hydrogens is 521 g/mol. The van der Waals surface area contributed by atoms with Crippen molar-refractivity contribution in [2.24, 2.45) is 5.92 Å². The number of ether oxygens (including phenoxy) is 1. The van der Waals surface area contributed by atoms with E-state index in [0.717, 1.165) is 18.4 Å². The first-order valence-corrected chi connectivity index (χ1v) is 17.3. The number of aromatic nitrogens is 2. The number of rotatable bonds is 9. The fourth-order valence-corrected chi connectivity index (χ4v) is 6.27. The van der Waals surface area contributed by atoms with Crippen LogP contribution in [-0.4, -0.2) is 49.9 Å². The highest BCUT2D eigenvalue weighted by molar-refractivity contribution is 7.90. The van der Waals surface area contributed by atoms with E-state index >= 15 is 0 Å². The van der Waals surface area contributed by atoms with Gasteiger partial charge in [0, 0.05) is 39.7 Å². The summed E-state index contributed by atoms with van der Waals surface area (Å²) < 4.78 is 74.7. The van der Waals surface area contributed by atoms with E-state index in [-0.39, 0.29) is 40.3 Å². The van der Waals surface area contributed by atoms with Gasteiger partial charge in [0.2, 0.25) is 5.92 Å². The molecule has 0 bridgehead atoms. The molecule has 0 spiro atoms. The molecule has 1 aliphatic carbocycles. The van der Waals surface area contributed by atoms with Crippen LogP contribution in [-0.2, 0) is 26.9 Å². The first-order valence-electron chi connectivity index (χ1n) is 11.4. The van der Waals surface area contributed by atoms with Crippen molar-refractivity contribution in [2.45, 2.75) is 75.2 Å². The molecule has 2 atom stereocenters. The van der Waals surface area contributed by atoms with Gasteiger partial charge in [0.25, 0.3) is 0 Å². The number of imidazole rings is 1. The van der Waals surface area contributed by atoms with Crippen LogP contribution < -0.4 is 0 Å². The number of nitrogens with zero attached hydrogens (tertiary/aromatic N) is 2. The topological polar surface area (TPSA) is 81.4 Å². The van der Waals surface area contributed by atoms with Gasteiger partial charge in [0.05, 0.1) is 10.7 Å². The standard InChI is InChI=1S/C23H32ClF3N2O4SSi/c1-15-20(34(2,31)32)28-21(29(15)14-33-10-11-35(3,4)5)23(30,17-8-9-22(26,27)13-17)16-6-7-19(25)18(24)12-16/h6-7,12,17,30H,8-11,13-14H2,1-5H3. The third-order valence-electron chi connectivity index (χ3n) is 6.44. The Morgan fingerprint density at radius 3 is 2.51 bits per heavy atom. The van der Waals surface area contributed by atoms with Crippen molar-refractivity contribution in [1.82, 2.24) is 9.55 Å². The van der Waals surface area contributed by atoms with Crippen LogP contribution in [0.3, 0.4) is 0 Å². The second-order valence-corrected chi connectivity index (χ2v) is 18.5. The molecule has 0 amide bonds. The molecule has 1 saturated carbocycles. The van der Waals surface area contributed by atoms with Crippen LogP contribution >= 0.6 is 11.6 Å². The normalized spacial score (nSPS) is 20.2. The molecule has 0 saturated heterocycles. The average Bonchev–Trinajstić information content (AvgIpc) is 3.25. The van der Waals surface area contributed by atoms with Gasteiger partial charge in [-0.2, -0.15) is 0 Å². The molecule has 3 rings (SSSR count). The Labute approximate surface area is 210 Å². The van der Waals surface area contributed by atoms with Crippen LogP contribution in [0, 0.1) is 18.7 Å². The fraction of sp³-hybridized carbons (Fsp3) is 0.609. The molecule has 12 heteroatoms. The monoisotopic (exact) mass is 552 g/mol. The van der Waals surface area contributed by atoms with Crippen molar-refractivity contribution in [1.29, 1.82) is 0 Å². The quantitative estimate of drug-likeness (QED) is 0.334. The Bertz CT molecular complexity index is 1200. The predicted octanol–water partition coefficient (Wildman–Crippen LogP) is 5.37. The third kappa shape index (κ3) is 6.12. The largest absolute Gasteiger partial charge is 0.377 e. The summed E-state index contributed by atoms with van der Waals surface area (Å²) in [7, 11) is -5.23. The molecule has 1 heterocycles. The van der Waals surface area contributed by atoms with Gasteiger partial charge in [0.1, 0.15) is 18.4 Å². The minimum absolute atomic E-state index is 0.0465. The number of hydrogen-bond acceptors (Lipinski definition) is 5. The smallest absolute Gasteiger partial charge is 0.248 e. The second-order valence-electron chi connectivity index (χ2n) is 10.6. The summed E-state index contributed by atoms with van der Waals surface area (Å²) in [6.45, 7) is 8.35. The predicted molar refractivity (Wildman–Crippen MR) is 131 cm³/mol. The summed E-state index contributed by atoms with van der Waals surface area (Å²) in [5.74, 6) is -4.91. The van der Waals surface area contributed by atoms with Crippen molar-refractivity contribution in [3.8, 4) is 0 Å². The van der Waals surface area contributed by atoms with Crippen LogP contribution in [0.4, 0.5) is 13.2 Å². The zero-order valence-corrected chi connectivity index (χ0v) is 23.1. The Hall–Kier alpha value is -1.40. The SMILES string of the molecule is Cc1c(S(C)(=O)=O)nc(C(O)(c2ccc(F)c(Cl)c2)C2CCC(F)(F)C2)n1COCC[Si](C)(C)C. The molecule has 1 aromatic carbocycles. The zero-order valence-electron chi connectivity index (χ0n) is 20.5. The lowest BCUT2D eigenvalue weighted by atomic mass is 9.79. The van der Waals surface area contributed by atoms with Crippen molar-refractivity contribution < 1.29 is 31.4 Å². The summed E-state index contributed by atoms with van der Waals surface area (Å²) in [6, 6.07) is 4.32. The van der Waals surface area contributed by atoms with E-state index in [1.165, 1.54) is 23.6 Å². The molecule has 1 aliphatic rings. The highest BCUT2D eigenvalue weighted by Crippen LogP contribution is 2.50. The molecule has 0 radical (unpaired) electrons. The van der Waals surface area contributed by atoms with Gasteiger partial charge in [-0.15, -0.1) is 0 Å². The van der Waals surface area contributed by atoms with E-state index in [0.29, 0.717) is 6.61 Å². The second kappa shape index (κ2) is 9.81. The van der Waals surface area contributed by atoms with Crippen LogP contribution in [0.2, 0.25) is 30.7 Å². The van der Waals surface area contributed by atoms with E-state index in [1.54, 1.807) is 0 Å². The van der Waals surface area contributed by atoms with Gasteiger partial charge < -0.3 is 14.4 Å². The number of benzene rings is 1. The molecular formula is C23H32ClF3N2O4SSi. The van der Waals surface area contributed by atoms with Gasteiger partial charge in [-0.05, 0) is 37.1 Å². The van der Waals surface area contributed by atoms with E-state index in [4.69, 9.17) is 16.3 Å². The lowest BCUT2D eigenvalue weighted by Gasteiger charge is -2.35. The van der Waals surface area contributed by atoms with Gasteiger partial charge in [0.15, 0.2) is 20.5 Å². The highest BCUT2D eigenvalue weighted by atomic mass is 35.5. The number of hydrogen-bond donors (Lipinski definition) is 1. The number of alkyl halides is 2. The van der Waals surface area contributed by atoms with Crippen LogP contribution in [0.5, 0.6) is 0 Å². The van der Waals surface area contributed by atoms with E-state index in [1.807, 2.05) is 0 Å². The molecule has 2 unspecified atom stereocenters. The number of sulfone groups is 1. The van der Waals surface area contributed by atoms with Crippen LogP contribution in [0.15, 0.2) is 23.2 Å². The summed E-state index contributed by atoms with van der Waals surface area (Å²) in [6.07, 6.45) is -0.148. The maximum atomic E-state index is 14.3. The van der Waals surface area contributed by atoms with Crippen molar-refractivity contribution in [3.63, 3.8) is 0 Å². The summed E-state index contributed by atoms with van der Waals surface area (Å²) in [4.78, 5) is 4.27.